The molecule has 5 heteroatoms. The van der Waals surface area contributed by atoms with Crippen molar-refractivity contribution in [2.75, 3.05) is 35.7 Å². The second-order valence-electron chi connectivity index (χ2n) is 4.68. The van der Waals surface area contributed by atoms with Crippen molar-refractivity contribution in [2.45, 2.75) is 26.7 Å². The Labute approximate surface area is 113 Å². The molecule has 0 bridgehead atoms. The molecule has 1 unspecified atom stereocenters. The van der Waals surface area contributed by atoms with Crippen LogP contribution in [-0.4, -0.2) is 35.1 Å². The molecular formula is C13H22N4S. The number of anilines is 2. The molecular weight excluding hydrogens is 244 g/mol. The van der Waals surface area contributed by atoms with E-state index in [9.17, 15) is 0 Å². The van der Waals surface area contributed by atoms with Crippen LogP contribution in [0.4, 0.5) is 11.6 Å². The standard InChI is InChI=1S/C13H22N4S/c1-4-11-16-12(14-3)9(2)13(17-11)15-7-10-5-6-18-8-10/h10H,4-8H2,1-3H3,(H2,14,15,16,17). The number of aryl methyl sites for hydroxylation is 1. The van der Waals surface area contributed by atoms with Gasteiger partial charge in [0.05, 0.1) is 0 Å². The van der Waals surface area contributed by atoms with Crippen LogP contribution in [0.2, 0.25) is 0 Å². The largest absolute Gasteiger partial charge is 0.373 e. The summed E-state index contributed by atoms with van der Waals surface area (Å²) in [5.74, 6) is 6.18. The predicted octanol–water partition coefficient (Wildman–Crippen LogP) is 2.55. The number of aromatic nitrogens is 2. The first kappa shape index (κ1) is 13.5. The van der Waals surface area contributed by atoms with Crippen molar-refractivity contribution >= 4 is 23.4 Å². The van der Waals surface area contributed by atoms with Gasteiger partial charge in [0, 0.05) is 25.6 Å². The molecule has 0 aliphatic carbocycles. The van der Waals surface area contributed by atoms with E-state index in [1.54, 1.807) is 0 Å². The highest BCUT2D eigenvalue weighted by atomic mass is 32.2. The van der Waals surface area contributed by atoms with E-state index in [-0.39, 0.29) is 0 Å². The maximum Gasteiger partial charge on any atom is 0.134 e. The second-order valence-corrected chi connectivity index (χ2v) is 5.83. The van der Waals surface area contributed by atoms with Crippen molar-refractivity contribution in [1.29, 1.82) is 0 Å². The summed E-state index contributed by atoms with van der Waals surface area (Å²) in [5.41, 5.74) is 1.11. The zero-order valence-electron chi connectivity index (χ0n) is 11.4. The van der Waals surface area contributed by atoms with Gasteiger partial charge in [-0.25, -0.2) is 9.97 Å². The summed E-state index contributed by atoms with van der Waals surface area (Å²) >= 11 is 2.05. The van der Waals surface area contributed by atoms with Crippen LogP contribution in [0.15, 0.2) is 0 Å². The van der Waals surface area contributed by atoms with E-state index < -0.39 is 0 Å². The van der Waals surface area contributed by atoms with Crippen LogP contribution in [0, 0.1) is 12.8 Å². The summed E-state index contributed by atoms with van der Waals surface area (Å²) in [7, 11) is 1.91. The fourth-order valence-electron chi connectivity index (χ4n) is 2.12. The Morgan fingerprint density at radius 3 is 2.72 bits per heavy atom. The van der Waals surface area contributed by atoms with Crippen LogP contribution in [0.1, 0.15) is 24.7 Å². The summed E-state index contributed by atoms with van der Waals surface area (Å²) in [5, 5.41) is 6.64. The molecule has 1 aliphatic heterocycles. The third-order valence-corrected chi connectivity index (χ3v) is 4.56. The smallest absolute Gasteiger partial charge is 0.134 e. The van der Waals surface area contributed by atoms with Gasteiger partial charge in [0.15, 0.2) is 0 Å². The molecule has 1 aliphatic rings. The molecule has 2 N–H and O–H groups in total. The van der Waals surface area contributed by atoms with Gasteiger partial charge in [0.2, 0.25) is 0 Å². The summed E-state index contributed by atoms with van der Waals surface area (Å²) in [6.45, 7) is 5.18. The zero-order chi connectivity index (χ0) is 13.0. The highest BCUT2D eigenvalue weighted by Crippen LogP contribution is 2.25. The van der Waals surface area contributed by atoms with E-state index >= 15 is 0 Å². The normalized spacial score (nSPS) is 18.9. The molecule has 1 aromatic heterocycles. The lowest BCUT2D eigenvalue weighted by molar-refractivity contribution is 0.629. The summed E-state index contributed by atoms with van der Waals surface area (Å²) < 4.78 is 0. The van der Waals surface area contributed by atoms with Crippen molar-refractivity contribution in [3.63, 3.8) is 0 Å². The SMILES string of the molecule is CCc1nc(NC)c(C)c(NCC2CCSC2)n1. The Balaban J connectivity index is 2.09. The maximum absolute atomic E-state index is 4.59. The number of thioether (sulfide) groups is 1. The van der Waals surface area contributed by atoms with Gasteiger partial charge in [-0.05, 0) is 30.8 Å². The fraction of sp³-hybridized carbons (Fsp3) is 0.692. The summed E-state index contributed by atoms with van der Waals surface area (Å²) in [6.07, 6.45) is 2.18. The van der Waals surface area contributed by atoms with Crippen LogP contribution in [-0.2, 0) is 6.42 Å². The van der Waals surface area contributed by atoms with E-state index in [2.05, 4.69) is 46.2 Å². The van der Waals surface area contributed by atoms with Gasteiger partial charge in [-0.3, -0.25) is 0 Å². The van der Waals surface area contributed by atoms with Crippen molar-refractivity contribution in [3.05, 3.63) is 11.4 Å². The van der Waals surface area contributed by atoms with Crippen LogP contribution in [0.3, 0.4) is 0 Å². The molecule has 1 saturated heterocycles. The third-order valence-electron chi connectivity index (χ3n) is 3.33. The number of hydrogen-bond acceptors (Lipinski definition) is 5. The van der Waals surface area contributed by atoms with Crippen LogP contribution < -0.4 is 10.6 Å². The molecule has 0 radical (unpaired) electrons. The minimum absolute atomic E-state index is 0.785. The third kappa shape index (κ3) is 3.07. The van der Waals surface area contributed by atoms with Crippen LogP contribution >= 0.6 is 11.8 Å². The molecule has 1 fully saturated rings. The second kappa shape index (κ2) is 6.27. The van der Waals surface area contributed by atoms with Gasteiger partial charge in [-0.2, -0.15) is 11.8 Å². The first-order valence-corrected chi connectivity index (χ1v) is 7.77. The highest BCUT2D eigenvalue weighted by molar-refractivity contribution is 7.99. The van der Waals surface area contributed by atoms with E-state index in [0.29, 0.717) is 0 Å². The summed E-state index contributed by atoms with van der Waals surface area (Å²) in [4.78, 5) is 9.07. The topological polar surface area (TPSA) is 49.8 Å². The molecule has 1 aromatic rings. The van der Waals surface area contributed by atoms with Crippen molar-refractivity contribution in [3.8, 4) is 0 Å². The zero-order valence-corrected chi connectivity index (χ0v) is 12.2. The monoisotopic (exact) mass is 266 g/mol. The molecule has 1 atom stereocenters. The van der Waals surface area contributed by atoms with E-state index in [1.165, 1.54) is 17.9 Å². The molecule has 0 saturated carbocycles. The molecule has 2 rings (SSSR count). The van der Waals surface area contributed by atoms with Gasteiger partial charge in [-0.1, -0.05) is 6.92 Å². The van der Waals surface area contributed by atoms with Gasteiger partial charge in [0.1, 0.15) is 17.5 Å². The minimum atomic E-state index is 0.785. The number of rotatable bonds is 5. The van der Waals surface area contributed by atoms with Gasteiger partial charge < -0.3 is 10.6 Å². The van der Waals surface area contributed by atoms with Gasteiger partial charge >= 0.3 is 0 Å². The minimum Gasteiger partial charge on any atom is -0.373 e. The molecule has 100 valence electrons. The maximum atomic E-state index is 4.59. The quantitative estimate of drug-likeness (QED) is 0.858. The van der Waals surface area contributed by atoms with Gasteiger partial charge in [0.25, 0.3) is 0 Å². The van der Waals surface area contributed by atoms with Crippen LogP contribution in [0.5, 0.6) is 0 Å². The molecule has 4 nitrogen and oxygen atoms in total. The van der Waals surface area contributed by atoms with Gasteiger partial charge in [-0.15, -0.1) is 0 Å². The van der Waals surface area contributed by atoms with E-state index in [0.717, 1.165) is 41.9 Å². The Kier molecular flexibility index (Phi) is 4.69. The van der Waals surface area contributed by atoms with Crippen molar-refractivity contribution in [1.82, 2.24) is 9.97 Å². The molecule has 18 heavy (non-hydrogen) atoms. The Bertz CT molecular complexity index is 402. The average Bonchev–Trinajstić information content (AvgIpc) is 2.90. The van der Waals surface area contributed by atoms with E-state index in [1.807, 2.05) is 7.05 Å². The van der Waals surface area contributed by atoms with E-state index in [4.69, 9.17) is 0 Å². The first-order chi connectivity index (χ1) is 8.74. The number of nitrogens with zero attached hydrogens (tertiary/aromatic N) is 2. The van der Waals surface area contributed by atoms with Crippen molar-refractivity contribution < 1.29 is 0 Å². The molecule has 0 spiro atoms. The lowest BCUT2D eigenvalue weighted by atomic mass is 10.1. The number of hydrogen-bond donors (Lipinski definition) is 2. The van der Waals surface area contributed by atoms with Crippen molar-refractivity contribution in [2.24, 2.45) is 5.92 Å². The van der Waals surface area contributed by atoms with Crippen LogP contribution in [0.25, 0.3) is 0 Å². The lowest BCUT2D eigenvalue weighted by Gasteiger charge is -2.15. The predicted molar refractivity (Wildman–Crippen MR) is 79.6 cm³/mol. The Morgan fingerprint density at radius 2 is 2.11 bits per heavy atom. The molecule has 2 heterocycles. The summed E-state index contributed by atoms with van der Waals surface area (Å²) in [6, 6.07) is 0. The lowest BCUT2D eigenvalue weighted by Crippen LogP contribution is -2.16. The molecule has 0 aromatic carbocycles. The Morgan fingerprint density at radius 1 is 1.33 bits per heavy atom. The highest BCUT2D eigenvalue weighted by Gasteiger charge is 2.16. The Hall–Kier alpha value is -0.970. The average molecular weight is 266 g/mol. The molecule has 0 amide bonds. The number of nitrogens with one attached hydrogen (secondary N) is 2. The fourth-order valence-corrected chi connectivity index (χ4v) is 3.41. The first-order valence-electron chi connectivity index (χ1n) is 6.61.